The highest BCUT2D eigenvalue weighted by molar-refractivity contribution is 5.94. The minimum absolute atomic E-state index is 0.114. The molecule has 6 heteroatoms. The van der Waals surface area contributed by atoms with Gasteiger partial charge in [0.15, 0.2) is 0 Å². The highest BCUT2D eigenvalue weighted by Crippen LogP contribution is 2.37. The molecule has 2 N–H and O–H groups in total. The Labute approximate surface area is 144 Å². The van der Waals surface area contributed by atoms with Crippen molar-refractivity contribution in [3.05, 3.63) is 53.3 Å². The molecular formula is C19H18N2O4. The second-order valence-corrected chi connectivity index (χ2v) is 5.78. The standard InChI is InChI=1S/C19H18N2O4/c1-23-13-7-16-15(18(8-13)24-2)9-20-19(21-16)11-3-4-17-12(5-11)6-14(10-22)25-17/h3-9,19,21-22H,10H2,1-2H3. The van der Waals surface area contributed by atoms with Gasteiger partial charge in [-0.05, 0) is 23.8 Å². The highest BCUT2D eigenvalue weighted by Gasteiger charge is 2.20. The number of methoxy groups -OCH3 is 2. The quantitative estimate of drug-likeness (QED) is 0.761. The third-order valence-corrected chi connectivity index (χ3v) is 4.28. The zero-order valence-corrected chi connectivity index (χ0v) is 13.9. The van der Waals surface area contributed by atoms with E-state index < -0.39 is 0 Å². The molecule has 25 heavy (non-hydrogen) atoms. The third-order valence-electron chi connectivity index (χ3n) is 4.28. The molecule has 1 unspecified atom stereocenters. The molecule has 0 bridgehead atoms. The Morgan fingerprint density at radius 2 is 2.04 bits per heavy atom. The van der Waals surface area contributed by atoms with Crippen molar-refractivity contribution in [3.63, 3.8) is 0 Å². The topological polar surface area (TPSA) is 76.2 Å². The molecule has 0 fully saturated rings. The van der Waals surface area contributed by atoms with Gasteiger partial charge in [0.2, 0.25) is 0 Å². The minimum Gasteiger partial charge on any atom is -0.497 e. The number of rotatable bonds is 4. The maximum Gasteiger partial charge on any atom is 0.144 e. The smallest absolute Gasteiger partial charge is 0.144 e. The fourth-order valence-electron chi connectivity index (χ4n) is 3.01. The van der Waals surface area contributed by atoms with Crippen LogP contribution in [0.15, 0.2) is 45.8 Å². The summed E-state index contributed by atoms with van der Waals surface area (Å²) in [6.45, 7) is -0.114. The summed E-state index contributed by atoms with van der Waals surface area (Å²) < 4.78 is 16.3. The average Bonchev–Trinajstić information content (AvgIpc) is 3.08. The zero-order valence-electron chi connectivity index (χ0n) is 13.9. The summed E-state index contributed by atoms with van der Waals surface area (Å²) >= 11 is 0. The van der Waals surface area contributed by atoms with Gasteiger partial charge in [0.25, 0.3) is 0 Å². The van der Waals surface area contributed by atoms with Crippen molar-refractivity contribution in [3.8, 4) is 11.5 Å². The van der Waals surface area contributed by atoms with E-state index in [4.69, 9.17) is 13.9 Å². The van der Waals surface area contributed by atoms with Crippen LogP contribution in [0, 0.1) is 0 Å². The predicted molar refractivity (Wildman–Crippen MR) is 95.6 cm³/mol. The Kier molecular flexibility index (Phi) is 3.82. The maximum atomic E-state index is 9.21. The van der Waals surface area contributed by atoms with Gasteiger partial charge in [-0.3, -0.25) is 4.99 Å². The molecule has 0 amide bonds. The van der Waals surface area contributed by atoms with Crippen LogP contribution in [0.5, 0.6) is 11.5 Å². The second-order valence-electron chi connectivity index (χ2n) is 5.78. The van der Waals surface area contributed by atoms with Crippen LogP contribution in [-0.2, 0) is 6.61 Å². The Hall–Kier alpha value is -2.99. The van der Waals surface area contributed by atoms with Crippen molar-refractivity contribution in [2.24, 2.45) is 4.99 Å². The van der Waals surface area contributed by atoms with E-state index in [1.54, 1.807) is 14.2 Å². The summed E-state index contributed by atoms with van der Waals surface area (Å²) in [5.74, 6) is 1.98. The average molecular weight is 338 g/mol. The SMILES string of the molecule is COc1cc2c(c(OC)c1)C=NC(c1ccc3oc(CO)cc3c1)N2. The Balaban J connectivity index is 1.71. The van der Waals surface area contributed by atoms with Gasteiger partial charge in [-0.2, -0.15) is 0 Å². The first-order chi connectivity index (χ1) is 12.2. The van der Waals surface area contributed by atoms with Crippen molar-refractivity contribution in [2.45, 2.75) is 12.8 Å². The number of ether oxygens (including phenoxy) is 2. The molecule has 0 saturated carbocycles. The largest absolute Gasteiger partial charge is 0.497 e. The van der Waals surface area contributed by atoms with Gasteiger partial charge < -0.3 is 24.3 Å². The fraction of sp³-hybridized carbons (Fsp3) is 0.211. The van der Waals surface area contributed by atoms with Crippen LogP contribution in [0.25, 0.3) is 11.0 Å². The van der Waals surface area contributed by atoms with Gasteiger partial charge in [-0.15, -0.1) is 0 Å². The summed E-state index contributed by atoms with van der Waals surface area (Å²) in [4.78, 5) is 4.60. The Morgan fingerprint density at radius 1 is 1.16 bits per heavy atom. The molecule has 1 aliphatic heterocycles. The van der Waals surface area contributed by atoms with Gasteiger partial charge in [0.1, 0.15) is 35.6 Å². The van der Waals surface area contributed by atoms with Crippen LogP contribution < -0.4 is 14.8 Å². The van der Waals surface area contributed by atoms with Crippen LogP contribution in [0.4, 0.5) is 5.69 Å². The van der Waals surface area contributed by atoms with Crippen LogP contribution in [0.1, 0.15) is 23.1 Å². The lowest BCUT2D eigenvalue weighted by molar-refractivity contribution is 0.251. The number of aliphatic hydroxyl groups is 1. The number of anilines is 1. The van der Waals surface area contributed by atoms with Crippen molar-refractivity contribution in [1.82, 2.24) is 0 Å². The molecule has 3 aromatic rings. The maximum absolute atomic E-state index is 9.21. The Morgan fingerprint density at radius 3 is 2.80 bits per heavy atom. The number of aliphatic hydroxyl groups excluding tert-OH is 1. The van der Waals surface area contributed by atoms with E-state index in [-0.39, 0.29) is 12.8 Å². The summed E-state index contributed by atoms with van der Waals surface area (Å²) in [5.41, 5.74) is 3.55. The van der Waals surface area contributed by atoms with E-state index in [0.717, 1.165) is 33.5 Å². The van der Waals surface area contributed by atoms with Gasteiger partial charge in [-0.25, -0.2) is 0 Å². The number of fused-ring (bicyclic) bond motifs is 2. The third kappa shape index (κ3) is 2.70. The molecule has 0 spiro atoms. The molecule has 4 rings (SSSR count). The van der Waals surface area contributed by atoms with Crippen LogP contribution >= 0.6 is 0 Å². The first-order valence-corrected chi connectivity index (χ1v) is 7.91. The van der Waals surface area contributed by atoms with E-state index in [0.29, 0.717) is 11.5 Å². The lowest BCUT2D eigenvalue weighted by atomic mass is 10.1. The van der Waals surface area contributed by atoms with Crippen molar-refractivity contribution >= 4 is 22.9 Å². The molecular weight excluding hydrogens is 320 g/mol. The monoisotopic (exact) mass is 338 g/mol. The van der Waals surface area contributed by atoms with E-state index >= 15 is 0 Å². The summed E-state index contributed by atoms with van der Waals surface area (Å²) in [7, 11) is 3.25. The molecule has 1 aliphatic rings. The number of benzene rings is 2. The number of hydrogen-bond donors (Lipinski definition) is 2. The molecule has 0 radical (unpaired) electrons. The lowest BCUT2D eigenvalue weighted by Crippen LogP contribution is -2.15. The predicted octanol–water partition coefficient (Wildman–Crippen LogP) is 3.49. The van der Waals surface area contributed by atoms with E-state index in [1.807, 2.05) is 42.6 Å². The van der Waals surface area contributed by atoms with E-state index in [2.05, 4.69) is 10.3 Å². The molecule has 2 aromatic carbocycles. The molecule has 0 saturated heterocycles. The molecule has 1 atom stereocenters. The molecule has 2 heterocycles. The Bertz CT molecular complexity index is 961. The van der Waals surface area contributed by atoms with Crippen molar-refractivity contribution in [1.29, 1.82) is 0 Å². The first-order valence-electron chi connectivity index (χ1n) is 7.91. The van der Waals surface area contributed by atoms with Crippen molar-refractivity contribution < 1.29 is 19.0 Å². The number of aliphatic imine (C=N–C) groups is 1. The lowest BCUT2D eigenvalue weighted by Gasteiger charge is -2.24. The minimum atomic E-state index is -0.221. The summed E-state index contributed by atoms with van der Waals surface area (Å²) in [6.07, 6.45) is 1.59. The van der Waals surface area contributed by atoms with Crippen LogP contribution in [-0.4, -0.2) is 25.5 Å². The highest BCUT2D eigenvalue weighted by atomic mass is 16.5. The molecule has 6 nitrogen and oxygen atoms in total. The second kappa shape index (κ2) is 6.14. The van der Waals surface area contributed by atoms with Gasteiger partial charge in [0, 0.05) is 23.7 Å². The number of furan rings is 1. The summed E-state index contributed by atoms with van der Waals surface area (Å²) in [6, 6.07) is 11.5. The van der Waals surface area contributed by atoms with Gasteiger partial charge >= 0.3 is 0 Å². The van der Waals surface area contributed by atoms with Crippen LogP contribution in [0.3, 0.4) is 0 Å². The molecule has 0 aliphatic carbocycles. The fourth-order valence-corrected chi connectivity index (χ4v) is 3.01. The van der Waals surface area contributed by atoms with Gasteiger partial charge in [-0.1, -0.05) is 6.07 Å². The normalized spacial score (nSPS) is 15.7. The van der Waals surface area contributed by atoms with E-state index in [1.165, 1.54) is 0 Å². The number of hydrogen-bond acceptors (Lipinski definition) is 6. The number of nitrogens with one attached hydrogen (secondary N) is 1. The molecule has 1 aromatic heterocycles. The van der Waals surface area contributed by atoms with Crippen LogP contribution in [0.2, 0.25) is 0 Å². The van der Waals surface area contributed by atoms with Crippen molar-refractivity contribution in [2.75, 3.05) is 19.5 Å². The van der Waals surface area contributed by atoms with E-state index in [9.17, 15) is 5.11 Å². The first kappa shape index (κ1) is 15.5. The van der Waals surface area contributed by atoms with Gasteiger partial charge in [0.05, 0.1) is 25.5 Å². The zero-order chi connectivity index (χ0) is 17.4. The summed E-state index contributed by atoms with van der Waals surface area (Å²) in [5, 5.41) is 13.6. The number of nitrogens with zero attached hydrogens (tertiary/aromatic N) is 1. The molecule has 128 valence electrons.